The summed E-state index contributed by atoms with van der Waals surface area (Å²) in [4.78, 5) is 0. The van der Waals surface area contributed by atoms with Crippen molar-refractivity contribution in [3.05, 3.63) is 8.95 Å². The Morgan fingerprint density at radius 3 is 1.71 bits per heavy atom. The van der Waals surface area contributed by atoms with Crippen LogP contribution in [-0.2, 0) is 0 Å². The van der Waals surface area contributed by atoms with Gasteiger partial charge < -0.3 is 0 Å². The molecule has 0 spiro atoms. The third-order valence-electron chi connectivity index (χ3n) is 1.91. The van der Waals surface area contributed by atoms with E-state index in [9.17, 15) is 0 Å². The molecule has 2 aromatic rings. The van der Waals surface area contributed by atoms with Gasteiger partial charge in [0.15, 0.2) is 0 Å². The Labute approximate surface area is 120 Å². The minimum absolute atomic E-state index is 0.479. The van der Waals surface area contributed by atoms with E-state index < -0.39 is 0 Å². The summed E-state index contributed by atoms with van der Waals surface area (Å²) in [6.45, 7) is 0. The van der Waals surface area contributed by atoms with Crippen LogP contribution in [0.2, 0.25) is 0 Å². The second-order valence-corrected chi connectivity index (χ2v) is 4.93. The van der Waals surface area contributed by atoms with Gasteiger partial charge in [0, 0.05) is 0 Å². The zero-order chi connectivity index (χ0) is 12.4. The van der Waals surface area contributed by atoms with Crippen molar-refractivity contribution in [1.82, 2.24) is 8.75 Å². The molecule has 0 atom stereocenters. The van der Waals surface area contributed by atoms with E-state index in [1.54, 1.807) is 0 Å². The van der Waals surface area contributed by atoms with E-state index in [0.29, 0.717) is 31.5 Å². The van der Waals surface area contributed by atoms with E-state index in [-0.39, 0.29) is 0 Å². The van der Waals surface area contributed by atoms with Crippen LogP contribution in [0.1, 0.15) is 0 Å². The van der Waals surface area contributed by atoms with Gasteiger partial charge in [-0.2, -0.15) is 0 Å². The summed E-state index contributed by atoms with van der Waals surface area (Å²) in [5.74, 6) is 0.957. The first-order valence-corrected chi connectivity index (χ1v) is 6.70. The number of ether oxygens (including phenoxy) is 2. The number of fused-ring (bicyclic) bond motifs is 1. The third-order valence-corrected chi connectivity index (χ3v) is 3.91. The first-order valence-electron chi connectivity index (χ1n) is 4.39. The molecular weight excluding hydrogens is 370 g/mol. The SMILES string of the molecule is B=COc1c(OC=B)c(Br)c2nsnc2c1Br. The van der Waals surface area contributed by atoms with Crippen LogP contribution in [0.15, 0.2) is 8.95 Å². The Kier molecular flexibility index (Phi) is 4.11. The third kappa shape index (κ3) is 2.23. The molecule has 0 aliphatic carbocycles. The van der Waals surface area contributed by atoms with Gasteiger partial charge in [0.25, 0.3) is 0 Å². The fraction of sp³-hybridized carbons (Fsp3) is 0. The molecule has 0 aliphatic rings. The van der Waals surface area contributed by atoms with Gasteiger partial charge in [0.1, 0.15) is 0 Å². The van der Waals surface area contributed by atoms with Gasteiger partial charge in [0.05, 0.1) is 0 Å². The molecule has 0 unspecified atom stereocenters. The molecule has 1 heterocycles. The van der Waals surface area contributed by atoms with Gasteiger partial charge in [-0.25, -0.2) is 0 Å². The monoisotopic (exact) mass is 372 g/mol. The maximum absolute atomic E-state index is 5.33. The van der Waals surface area contributed by atoms with Crippen LogP contribution < -0.4 is 9.47 Å². The van der Waals surface area contributed by atoms with Gasteiger partial charge in [0.2, 0.25) is 0 Å². The molecule has 2 rings (SSSR count). The van der Waals surface area contributed by atoms with Crippen LogP contribution in [0.4, 0.5) is 0 Å². The van der Waals surface area contributed by atoms with Crippen molar-refractivity contribution in [2.45, 2.75) is 0 Å². The molecule has 0 fully saturated rings. The molecule has 0 saturated heterocycles. The Morgan fingerprint density at radius 2 is 1.35 bits per heavy atom. The molecule has 0 N–H and O–H groups in total. The predicted molar refractivity (Wildman–Crippen MR) is 80.5 cm³/mol. The van der Waals surface area contributed by atoms with E-state index in [4.69, 9.17) is 9.47 Å². The molecule has 9 heteroatoms. The van der Waals surface area contributed by atoms with Crippen molar-refractivity contribution in [3.8, 4) is 11.5 Å². The second kappa shape index (κ2) is 5.41. The maximum atomic E-state index is 5.33. The van der Waals surface area contributed by atoms with Gasteiger partial charge in [-0.1, -0.05) is 0 Å². The fourth-order valence-corrected chi connectivity index (χ4v) is 3.16. The van der Waals surface area contributed by atoms with Crippen molar-refractivity contribution >= 4 is 81.9 Å². The topological polar surface area (TPSA) is 44.2 Å². The standard InChI is InChI=1S/C8H4B2Br2N2O2S/c9-1-15-7-3(11)5-6(14-17-13-5)4(12)8(7)16-2-10/h1-2,9-10H. The summed E-state index contributed by atoms with van der Waals surface area (Å²) in [5.41, 5.74) is 1.41. The van der Waals surface area contributed by atoms with Crippen molar-refractivity contribution in [2.24, 2.45) is 0 Å². The number of benzene rings is 1. The number of rotatable bonds is 4. The number of aromatic nitrogens is 2. The van der Waals surface area contributed by atoms with Crippen LogP contribution in [0.5, 0.6) is 11.5 Å². The van der Waals surface area contributed by atoms with E-state index >= 15 is 0 Å². The van der Waals surface area contributed by atoms with Crippen molar-refractivity contribution in [2.75, 3.05) is 0 Å². The number of hydrogen-bond acceptors (Lipinski definition) is 5. The Morgan fingerprint density at radius 1 is 0.941 bits per heavy atom. The molecule has 1 aromatic heterocycles. The van der Waals surface area contributed by atoms with Gasteiger partial charge >= 0.3 is 121 Å². The van der Waals surface area contributed by atoms with Crippen LogP contribution in [0.3, 0.4) is 0 Å². The van der Waals surface area contributed by atoms with Crippen LogP contribution in [0.25, 0.3) is 11.0 Å². The summed E-state index contributed by atoms with van der Waals surface area (Å²) in [7, 11) is 7.05. The Hall–Kier alpha value is -0.530. The zero-order valence-electron chi connectivity index (χ0n) is 8.44. The molecule has 4 nitrogen and oxygen atoms in total. The summed E-state index contributed by atoms with van der Waals surface area (Å²) >= 11 is 7.94. The van der Waals surface area contributed by atoms with Crippen LogP contribution in [-0.4, -0.2) is 36.0 Å². The van der Waals surface area contributed by atoms with E-state index in [1.807, 2.05) is 0 Å². The first kappa shape index (κ1) is 12.9. The number of halogens is 2. The summed E-state index contributed by atoms with van der Waals surface area (Å²) < 4.78 is 20.4. The Balaban J connectivity index is 2.81. The van der Waals surface area contributed by atoms with Crippen LogP contribution in [0, 0.1) is 0 Å². The quantitative estimate of drug-likeness (QED) is 0.758. The number of hydrogen-bond donors (Lipinski definition) is 0. The summed E-state index contributed by atoms with van der Waals surface area (Å²) in [6.07, 6.45) is 2.63. The molecule has 0 radical (unpaired) electrons. The molecule has 84 valence electrons. The Bertz CT molecular complexity index is 555. The van der Waals surface area contributed by atoms with Crippen LogP contribution >= 0.6 is 43.6 Å². The molecule has 0 aliphatic heterocycles. The minimum atomic E-state index is 0.479. The van der Waals surface area contributed by atoms with E-state index in [1.165, 1.54) is 12.3 Å². The molecular formula is C8H4B2Br2N2O2S. The van der Waals surface area contributed by atoms with Crippen molar-refractivity contribution < 1.29 is 9.47 Å². The summed E-state index contributed by atoms with van der Waals surface area (Å²) in [6, 6.07) is 0. The second-order valence-electron chi connectivity index (χ2n) is 2.82. The average molecular weight is 374 g/mol. The van der Waals surface area contributed by atoms with E-state index in [2.05, 4.69) is 55.6 Å². The van der Waals surface area contributed by atoms with Gasteiger partial charge in [-0.05, 0) is 0 Å². The molecule has 1 aromatic carbocycles. The van der Waals surface area contributed by atoms with Crippen molar-refractivity contribution in [3.63, 3.8) is 0 Å². The molecule has 0 amide bonds. The van der Waals surface area contributed by atoms with E-state index in [0.717, 1.165) is 11.7 Å². The molecule has 17 heavy (non-hydrogen) atoms. The fourth-order valence-electron chi connectivity index (χ4n) is 1.27. The van der Waals surface area contributed by atoms with Gasteiger partial charge in [-0.15, -0.1) is 0 Å². The van der Waals surface area contributed by atoms with Gasteiger partial charge in [-0.3, -0.25) is 0 Å². The first-order chi connectivity index (χ1) is 8.20. The van der Waals surface area contributed by atoms with Crippen molar-refractivity contribution in [1.29, 1.82) is 0 Å². The normalized spacial score (nSPS) is 10.1. The predicted octanol–water partition coefficient (Wildman–Crippen LogP) is 1.29. The molecule has 0 saturated carbocycles. The number of nitrogens with zero attached hydrogens (tertiary/aromatic N) is 2. The summed E-state index contributed by atoms with van der Waals surface area (Å²) in [5, 5.41) is 0. The average Bonchev–Trinajstić information content (AvgIpc) is 2.80. The molecule has 0 bridgehead atoms. The zero-order valence-corrected chi connectivity index (χ0v) is 12.4.